The summed E-state index contributed by atoms with van der Waals surface area (Å²) in [4.78, 5) is 11.6. The number of carbonyl (C=O) groups excluding carboxylic acids is 1. The molecule has 5 atom stereocenters. The molecule has 0 aliphatic heterocycles. The molecule has 2 aliphatic rings. The Labute approximate surface area is 191 Å². The number of hydrogen-bond donors (Lipinski definition) is 2. The first-order chi connectivity index (χ1) is 15.3. The van der Waals surface area contributed by atoms with Crippen molar-refractivity contribution in [2.24, 2.45) is 17.8 Å². The van der Waals surface area contributed by atoms with Gasteiger partial charge in [-0.25, -0.2) is 4.39 Å². The van der Waals surface area contributed by atoms with Gasteiger partial charge in [-0.15, -0.1) is 0 Å². The van der Waals surface area contributed by atoms with Gasteiger partial charge in [-0.05, 0) is 68.9 Å². The highest BCUT2D eigenvalue weighted by Crippen LogP contribution is 2.38. The molecule has 32 heavy (non-hydrogen) atoms. The standard InChI is InChI=1S/C27H37FO4/c1-18(2)32-27(31)12-6-4-3-5-11-23-22(24(28)17-26(23)30)13-14-25(29)21-15-19-9-7-8-10-20(19)16-21/h3,5,7-10,13-14,18,21-26,29-30H,4,6,11-12,15-17H2,1-2H3/t22-,23+,24-,25-,26+/m0/s1. The number of alkyl halides is 1. The number of fused-ring (bicyclic) bond motifs is 1. The summed E-state index contributed by atoms with van der Waals surface area (Å²) in [6.45, 7) is 3.67. The molecule has 0 amide bonds. The number of esters is 1. The Balaban J connectivity index is 1.47. The largest absolute Gasteiger partial charge is 0.463 e. The molecule has 0 radical (unpaired) electrons. The minimum absolute atomic E-state index is 0.0944. The number of ether oxygens (including phenoxy) is 1. The molecule has 5 heteroatoms. The van der Waals surface area contributed by atoms with Crippen LogP contribution in [0.25, 0.3) is 0 Å². The Morgan fingerprint density at radius 2 is 1.91 bits per heavy atom. The number of unbranched alkanes of at least 4 members (excludes halogenated alkanes) is 1. The van der Waals surface area contributed by atoms with Crippen molar-refractivity contribution >= 4 is 5.97 Å². The minimum Gasteiger partial charge on any atom is -0.463 e. The second kappa shape index (κ2) is 11.8. The van der Waals surface area contributed by atoms with Gasteiger partial charge >= 0.3 is 5.97 Å². The lowest BCUT2D eigenvalue weighted by molar-refractivity contribution is -0.147. The maximum Gasteiger partial charge on any atom is 0.306 e. The Morgan fingerprint density at radius 1 is 1.22 bits per heavy atom. The van der Waals surface area contributed by atoms with Gasteiger partial charge < -0.3 is 14.9 Å². The van der Waals surface area contributed by atoms with Crippen LogP contribution in [-0.4, -0.2) is 40.7 Å². The molecule has 0 bridgehead atoms. The predicted octanol–water partition coefficient (Wildman–Crippen LogP) is 4.72. The maximum absolute atomic E-state index is 14.6. The average Bonchev–Trinajstić information content (AvgIpc) is 3.29. The van der Waals surface area contributed by atoms with E-state index in [1.807, 2.05) is 38.1 Å². The molecule has 2 N–H and O–H groups in total. The molecule has 0 heterocycles. The van der Waals surface area contributed by atoms with E-state index in [-0.39, 0.29) is 30.3 Å². The number of carbonyl (C=O) groups is 1. The zero-order chi connectivity index (χ0) is 23.1. The van der Waals surface area contributed by atoms with Gasteiger partial charge in [-0.3, -0.25) is 4.79 Å². The third-order valence-corrected chi connectivity index (χ3v) is 6.66. The first kappa shape index (κ1) is 24.7. The van der Waals surface area contributed by atoms with Crippen molar-refractivity contribution in [3.8, 4) is 0 Å². The van der Waals surface area contributed by atoms with Crippen molar-refractivity contribution in [1.29, 1.82) is 0 Å². The van der Waals surface area contributed by atoms with E-state index in [9.17, 15) is 19.4 Å². The number of aliphatic hydroxyl groups excluding tert-OH is 2. The van der Waals surface area contributed by atoms with Crippen LogP contribution < -0.4 is 0 Å². The highest BCUT2D eigenvalue weighted by atomic mass is 19.1. The van der Waals surface area contributed by atoms with Crippen molar-refractivity contribution in [1.82, 2.24) is 0 Å². The fourth-order valence-electron chi connectivity index (χ4n) is 4.96. The van der Waals surface area contributed by atoms with Gasteiger partial charge in [0.2, 0.25) is 0 Å². The fourth-order valence-corrected chi connectivity index (χ4v) is 4.96. The zero-order valence-corrected chi connectivity index (χ0v) is 19.2. The number of allylic oxidation sites excluding steroid dienone is 3. The number of benzene rings is 1. The summed E-state index contributed by atoms with van der Waals surface area (Å²) in [6.07, 6.45) is 9.24. The molecule has 0 saturated heterocycles. The summed E-state index contributed by atoms with van der Waals surface area (Å²) < 4.78 is 19.7. The molecule has 0 aromatic heterocycles. The monoisotopic (exact) mass is 444 g/mol. The van der Waals surface area contributed by atoms with E-state index in [4.69, 9.17) is 4.74 Å². The Bertz CT molecular complexity index is 778. The summed E-state index contributed by atoms with van der Waals surface area (Å²) in [5.41, 5.74) is 2.56. The van der Waals surface area contributed by atoms with E-state index in [0.29, 0.717) is 19.3 Å². The maximum atomic E-state index is 14.6. The molecular weight excluding hydrogens is 407 g/mol. The van der Waals surface area contributed by atoms with E-state index >= 15 is 0 Å². The second-order valence-corrected chi connectivity index (χ2v) is 9.51. The minimum atomic E-state index is -1.10. The van der Waals surface area contributed by atoms with E-state index in [1.165, 1.54) is 11.1 Å². The molecule has 3 rings (SSSR count). The van der Waals surface area contributed by atoms with Gasteiger partial charge in [0.05, 0.1) is 18.3 Å². The van der Waals surface area contributed by atoms with Crippen LogP contribution in [0.5, 0.6) is 0 Å². The van der Waals surface area contributed by atoms with Crippen molar-refractivity contribution in [3.05, 3.63) is 59.7 Å². The van der Waals surface area contributed by atoms with Gasteiger partial charge in [-0.2, -0.15) is 0 Å². The van der Waals surface area contributed by atoms with Crippen LogP contribution in [0.4, 0.5) is 4.39 Å². The number of aliphatic hydroxyl groups is 2. The molecule has 2 aliphatic carbocycles. The molecule has 1 saturated carbocycles. The smallest absolute Gasteiger partial charge is 0.306 e. The van der Waals surface area contributed by atoms with Gasteiger partial charge in [-0.1, -0.05) is 48.6 Å². The summed E-state index contributed by atoms with van der Waals surface area (Å²) in [5.74, 6) is -0.659. The lowest BCUT2D eigenvalue weighted by atomic mass is 9.89. The molecule has 0 unspecified atom stereocenters. The molecule has 1 fully saturated rings. The summed E-state index contributed by atoms with van der Waals surface area (Å²) in [7, 11) is 0. The van der Waals surface area contributed by atoms with Crippen LogP contribution in [0, 0.1) is 17.8 Å². The fraction of sp³-hybridized carbons (Fsp3) is 0.593. The SMILES string of the molecule is CC(C)OC(=O)CCCC=CC[C@@H]1[C@H](C=C[C@H](O)C2Cc3ccccc3C2)[C@@H](F)C[C@H]1O. The summed E-state index contributed by atoms with van der Waals surface area (Å²) in [6, 6.07) is 8.25. The Morgan fingerprint density at radius 3 is 2.56 bits per heavy atom. The lowest BCUT2D eigenvalue weighted by Gasteiger charge is -2.20. The Hall–Kier alpha value is -1.98. The predicted molar refractivity (Wildman–Crippen MR) is 124 cm³/mol. The van der Waals surface area contributed by atoms with Gasteiger partial charge in [0.1, 0.15) is 6.17 Å². The van der Waals surface area contributed by atoms with Gasteiger partial charge in [0.15, 0.2) is 0 Å². The van der Waals surface area contributed by atoms with E-state index in [1.54, 1.807) is 12.2 Å². The van der Waals surface area contributed by atoms with Crippen LogP contribution in [0.15, 0.2) is 48.6 Å². The van der Waals surface area contributed by atoms with Crippen LogP contribution >= 0.6 is 0 Å². The van der Waals surface area contributed by atoms with Gasteiger partial charge in [0, 0.05) is 18.8 Å². The molecular formula is C27H37FO4. The van der Waals surface area contributed by atoms with Crippen molar-refractivity contribution in [2.45, 2.75) is 83.3 Å². The van der Waals surface area contributed by atoms with Crippen LogP contribution in [0.2, 0.25) is 0 Å². The zero-order valence-electron chi connectivity index (χ0n) is 19.2. The molecule has 4 nitrogen and oxygen atoms in total. The quantitative estimate of drug-likeness (QED) is 0.311. The number of halogens is 1. The van der Waals surface area contributed by atoms with Crippen molar-refractivity contribution in [2.75, 3.05) is 0 Å². The van der Waals surface area contributed by atoms with Crippen LogP contribution in [0.3, 0.4) is 0 Å². The van der Waals surface area contributed by atoms with E-state index in [0.717, 1.165) is 19.3 Å². The van der Waals surface area contributed by atoms with Gasteiger partial charge in [0.25, 0.3) is 0 Å². The molecule has 1 aromatic rings. The van der Waals surface area contributed by atoms with E-state index in [2.05, 4.69) is 12.1 Å². The first-order valence-electron chi connectivity index (χ1n) is 11.9. The number of rotatable bonds is 10. The molecule has 1 aromatic carbocycles. The normalized spacial score (nSPS) is 26.9. The third kappa shape index (κ3) is 6.76. The molecule has 176 valence electrons. The summed E-state index contributed by atoms with van der Waals surface area (Å²) >= 11 is 0. The molecule has 0 spiro atoms. The summed E-state index contributed by atoms with van der Waals surface area (Å²) in [5, 5.41) is 21.0. The van der Waals surface area contributed by atoms with Crippen LogP contribution in [0.1, 0.15) is 57.1 Å². The highest BCUT2D eigenvalue weighted by Gasteiger charge is 2.40. The van der Waals surface area contributed by atoms with Crippen molar-refractivity contribution < 1.29 is 24.1 Å². The first-order valence-corrected chi connectivity index (χ1v) is 11.9. The number of hydrogen-bond acceptors (Lipinski definition) is 4. The topological polar surface area (TPSA) is 66.8 Å². The Kier molecular flexibility index (Phi) is 9.06. The third-order valence-electron chi connectivity index (χ3n) is 6.66. The van der Waals surface area contributed by atoms with Crippen molar-refractivity contribution in [3.63, 3.8) is 0 Å². The van der Waals surface area contributed by atoms with Crippen LogP contribution in [-0.2, 0) is 22.4 Å². The lowest BCUT2D eigenvalue weighted by Crippen LogP contribution is -2.21. The second-order valence-electron chi connectivity index (χ2n) is 9.51. The highest BCUT2D eigenvalue weighted by molar-refractivity contribution is 5.69. The van der Waals surface area contributed by atoms with E-state index < -0.39 is 24.3 Å². The average molecular weight is 445 g/mol.